The molecular formula is C12H15BrO. The number of Topliss-reactive ketones (excluding diaryl/α,β-unsaturated/α-hetero) is 1. The third-order valence-electron chi connectivity index (χ3n) is 2.28. The molecule has 0 aliphatic carbocycles. The molecule has 0 bridgehead atoms. The highest BCUT2D eigenvalue weighted by Crippen LogP contribution is 2.13. The van der Waals surface area contributed by atoms with Crippen molar-refractivity contribution in [2.24, 2.45) is 0 Å². The van der Waals surface area contributed by atoms with E-state index in [1.165, 1.54) is 16.7 Å². The van der Waals surface area contributed by atoms with Crippen LogP contribution in [-0.2, 0) is 17.6 Å². The van der Waals surface area contributed by atoms with Crippen LogP contribution in [0.5, 0.6) is 0 Å². The smallest absolute Gasteiger partial charge is 0.147 e. The molecule has 0 atom stereocenters. The number of hydrogen-bond donors (Lipinski definition) is 0. The summed E-state index contributed by atoms with van der Waals surface area (Å²) in [6, 6.07) is 6.33. The summed E-state index contributed by atoms with van der Waals surface area (Å²) in [7, 11) is 0. The molecule has 1 aromatic carbocycles. The van der Waals surface area contributed by atoms with Gasteiger partial charge in [0, 0.05) is 6.42 Å². The molecule has 76 valence electrons. The Morgan fingerprint density at radius 2 is 2.07 bits per heavy atom. The van der Waals surface area contributed by atoms with E-state index < -0.39 is 0 Å². The minimum Gasteiger partial charge on any atom is -0.298 e. The Morgan fingerprint density at radius 1 is 1.36 bits per heavy atom. The van der Waals surface area contributed by atoms with E-state index in [-0.39, 0.29) is 5.78 Å². The van der Waals surface area contributed by atoms with E-state index in [1.807, 2.05) is 0 Å². The molecule has 0 aliphatic heterocycles. The summed E-state index contributed by atoms with van der Waals surface area (Å²) in [5, 5.41) is 0.449. The first kappa shape index (κ1) is 11.4. The molecule has 0 saturated heterocycles. The zero-order valence-corrected chi connectivity index (χ0v) is 10.2. The highest BCUT2D eigenvalue weighted by molar-refractivity contribution is 9.09. The van der Waals surface area contributed by atoms with Gasteiger partial charge in [-0.15, -0.1) is 0 Å². The molecule has 0 aromatic heterocycles. The molecule has 1 nitrogen and oxygen atoms in total. The molecule has 0 aliphatic rings. The number of benzene rings is 1. The summed E-state index contributed by atoms with van der Waals surface area (Å²) in [5.41, 5.74) is 3.68. The molecule has 0 unspecified atom stereocenters. The fraction of sp³-hybridized carbons (Fsp3) is 0.417. The second kappa shape index (κ2) is 5.30. The van der Waals surface area contributed by atoms with E-state index in [9.17, 15) is 4.79 Å². The van der Waals surface area contributed by atoms with Crippen molar-refractivity contribution in [1.29, 1.82) is 0 Å². The van der Waals surface area contributed by atoms with E-state index in [1.54, 1.807) is 0 Å². The molecule has 1 rings (SSSR count). The lowest BCUT2D eigenvalue weighted by molar-refractivity contribution is -0.115. The van der Waals surface area contributed by atoms with Crippen LogP contribution in [0.4, 0.5) is 0 Å². The standard InChI is InChI=1S/C12H15BrO/c1-3-10-5-4-9(2)6-11(10)7-12(14)8-13/h4-6H,3,7-8H2,1-2H3. The van der Waals surface area contributed by atoms with Gasteiger partial charge in [0.15, 0.2) is 0 Å². The molecular weight excluding hydrogens is 240 g/mol. The maximum Gasteiger partial charge on any atom is 0.147 e. The van der Waals surface area contributed by atoms with Crippen molar-refractivity contribution in [2.45, 2.75) is 26.7 Å². The van der Waals surface area contributed by atoms with Crippen LogP contribution in [0.2, 0.25) is 0 Å². The number of alkyl halides is 1. The summed E-state index contributed by atoms with van der Waals surface area (Å²) in [4.78, 5) is 11.3. The predicted molar refractivity (Wildman–Crippen MR) is 63.1 cm³/mol. The van der Waals surface area contributed by atoms with Gasteiger partial charge in [0.05, 0.1) is 5.33 Å². The predicted octanol–water partition coefficient (Wildman–Crippen LogP) is 3.06. The van der Waals surface area contributed by atoms with Crippen molar-refractivity contribution >= 4 is 21.7 Å². The molecule has 1 aromatic rings. The van der Waals surface area contributed by atoms with Crippen molar-refractivity contribution in [3.05, 3.63) is 34.9 Å². The van der Waals surface area contributed by atoms with Gasteiger partial charge in [-0.3, -0.25) is 4.79 Å². The fourth-order valence-electron chi connectivity index (χ4n) is 1.52. The monoisotopic (exact) mass is 254 g/mol. The van der Waals surface area contributed by atoms with Gasteiger partial charge in [-0.25, -0.2) is 0 Å². The quantitative estimate of drug-likeness (QED) is 0.756. The Kier molecular flexibility index (Phi) is 4.33. The van der Waals surface area contributed by atoms with Crippen molar-refractivity contribution in [3.63, 3.8) is 0 Å². The number of halogens is 1. The zero-order chi connectivity index (χ0) is 10.6. The molecule has 0 N–H and O–H groups in total. The van der Waals surface area contributed by atoms with E-state index in [4.69, 9.17) is 0 Å². The first-order valence-corrected chi connectivity index (χ1v) is 5.95. The van der Waals surface area contributed by atoms with Crippen molar-refractivity contribution in [2.75, 3.05) is 5.33 Å². The summed E-state index contributed by atoms with van der Waals surface area (Å²) in [6.07, 6.45) is 1.54. The maximum atomic E-state index is 11.3. The van der Waals surface area contributed by atoms with E-state index in [0.717, 1.165) is 6.42 Å². The van der Waals surface area contributed by atoms with Crippen molar-refractivity contribution in [3.8, 4) is 0 Å². The highest BCUT2D eigenvalue weighted by atomic mass is 79.9. The zero-order valence-electron chi connectivity index (χ0n) is 8.64. The van der Waals surface area contributed by atoms with Crippen LogP contribution in [0.1, 0.15) is 23.6 Å². The third-order valence-corrected chi connectivity index (χ3v) is 2.90. The van der Waals surface area contributed by atoms with Crippen molar-refractivity contribution < 1.29 is 4.79 Å². The molecule has 14 heavy (non-hydrogen) atoms. The van der Waals surface area contributed by atoms with Crippen LogP contribution in [0.3, 0.4) is 0 Å². The Balaban J connectivity index is 2.93. The number of rotatable bonds is 4. The third kappa shape index (κ3) is 2.95. The number of carbonyl (C=O) groups excluding carboxylic acids is 1. The van der Waals surface area contributed by atoms with Crippen LogP contribution < -0.4 is 0 Å². The van der Waals surface area contributed by atoms with Gasteiger partial charge < -0.3 is 0 Å². The molecule has 2 heteroatoms. The average molecular weight is 255 g/mol. The van der Waals surface area contributed by atoms with Gasteiger partial charge in [-0.2, -0.15) is 0 Å². The second-order valence-electron chi connectivity index (χ2n) is 3.47. The molecule has 0 fully saturated rings. The Morgan fingerprint density at radius 3 is 2.64 bits per heavy atom. The van der Waals surface area contributed by atoms with Gasteiger partial charge in [0.2, 0.25) is 0 Å². The van der Waals surface area contributed by atoms with Gasteiger partial charge in [0.1, 0.15) is 5.78 Å². The molecule has 0 amide bonds. The molecule has 0 heterocycles. The van der Waals surface area contributed by atoms with Crippen LogP contribution in [-0.4, -0.2) is 11.1 Å². The van der Waals surface area contributed by atoms with Crippen LogP contribution >= 0.6 is 15.9 Å². The Hall–Kier alpha value is -0.630. The average Bonchev–Trinajstić information content (AvgIpc) is 2.18. The lowest BCUT2D eigenvalue weighted by Crippen LogP contribution is -2.06. The van der Waals surface area contributed by atoms with Crippen LogP contribution in [0.15, 0.2) is 18.2 Å². The lowest BCUT2D eigenvalue weighted by Gasteiger charge is -2.07. The van der Waals surface area contributed by atoms with Gasteiger partial charge in [0.25, 0.3) is 0 Å². The van der Waals surface area contributed by atoms with Crippen molar-refractivity contribution in [1.82, 2.24) is 0 Å². The first-order valence-electron chi connectivity index (χ1n) is 4.83. The van der Waals surface area contributed by atoms with E-state index in [0.29, 0.717) is 11.8 Å². The minimum atomic E-state index is 0.241. The Labute approximate surface area is 93.7 Å². The molecule has 0 radical (unpaired) electrons. The fourth-order valence-corrected chi connectivity index (χ4v) is 1.72. The van der Waals surface area contributed by atoms with Crippen LogP contribution in [0, 0.1) is 6.92 Å². The van der Waals surface area contributed by atoms with E-state index in [2.05, 4.69) is 48.0 Å². The molecule has 0 spiro atoms. The number of carbonyl (C=O) groups is 1. The second-order valence-corrected chi connectivity index (χ2v) is 4.04. The topological polar surface area (TPSA) is 17.1 Å². The summed E-state index contributed by atoms with van der Waals surface area (Å²) < 4.78 is 0. The lowest BCUT2D eigenvalue weighted by atomic mass is 9.99. The SMILES string of the molecule is CCc1ccc(C)cc1CC(=O)CBr. The highest BCUT2D eigenvalue weighted by Gasteiger charge is 2.06. The van der Waals surface area contributed by atoms with Crippen LogP contribution in [0.25, 0.3) is 0 Å². The number of hydrogen-bond acceptors (Lipinski definition) is 1. The summed E-state index contributed by atoms with van der Waals surface area (Å²) in [5.74, 6) is 0.241. The minimum absolute atomic E-state index is 0.241. The maximum absolute atomic E-state index is 11.3. The van der Waals surface area contributed by atoms with Gasteiger partial charge >= 0.3 is 0 Å². The van der Waals surface area contributed by atoms with Gasteiger partial charge in [-0.1, -0.05) is 46.6 Å². The summed E-state index contributed by atoms with van der Waals surface area (Å²) >= 11 is 3.19. The normalized spacial score (nSPS) is 10.2. The first-order chi connectivity index (χ1) is 6.67. The summed E-state index contributed by atoms with van der Waals surface area (Å²) in [6.45, 7) is 4.17. The van der Waals surface area contributed by atoms with E-state index >= 15 is 0 Å². The number of ketones is 1. The van der Waals surface area contributed by atoms with Gasteiger partial charge in [-0.05, 0) is 24.5 Å². The largest absolute Gasteiger partial charge is 0.298 e. The number of aryl methyl sites for hydroxylation is 2. The Bertz CT molecular complexity index is 331. The molecule has 0 saturated carbocycles.